The highest BCUT2D eigenvalue weighted by molar-refractivity contribution is 6.06. The van der Waals surface area contributed by atoms with Crippen LogP contribution < -0.4 is 14.8 Å². The third-order valence-electron chi connectivity index (χ3n) is 7.25. The fourth-order valence-electron chi connectivity index (χ4n) is 5.57. The van der Waals surface area contributed by atoms with Gasteiger partial charge in [0, 0.05) is 22.7 Å². The molecule has 2 aliphatic heterocycles. The van der Waals surface area contributed by atoms with Crippen LogP contribution in [0.25, 0.3) is 0 Å². The number of amides is 1. The first kappa shape index (κ1) is 23.8. The summed E-state index contributed by atoms with van der Waals surface area (Å²) in [4.78, 5) is 27.4. The highest BCUT2D eigenvalue weighted by atomic mass is 16.6. The molecule has 2 aliphatic rings. The van der Waals surface area contributed by atoms with Gasteiger partial charge < -0.3 is 14.8 Å². The molecule has 8 heteroatoms. The van der Waals surface area contributed by atoms with E-state index in [4.69, 9.17) is 9.47 Å². The number of carbonyl (C=O) groups excluding carboxylic acids is 1. The number of para-hydroxylation sites is 1. The van der Waals surface area contributed by atoms with Crippen molar-refractivity contribution in [2.75, 3.05) is 25.5 Å². The Morgan fingerprint density at radius 2 is 1.83 bits per heavy atom. The van der Waals surface area contributed by atoms with E-state index in [1.54, 1.807) is 25.2 Å². The smallest absolute Gasteiger partial charge is 0.256 e. The standard InChI is InChI=1S/C28H29N3O5/c1-4-35-25-15-20(13-14-24(25)36-17-19-11-9-18(2)10-12-19)21-16-30(3)28(26(21)31(33)34)22-7-5-6-8-23(22)29-27(28)32/h5-15,21,26H,4,16-17H2,1-3H3,(H,29,32)/t21-,26-,28-/m0/s1. The molecule has 0 radical (unpaired) electrons. The molecule has 1 amide bonds. The van der Waals surface area contributed by atoms with Crippen LogP contribution in [0.15, 0.2) is 66.7 Å². The molecule has 5 rings (SSSR count). The van der Waals surface area contributed by atoms with Crippen LogP contribution in [0.1, 0.15) is 35.1 Å². The van der Waals surface area contributed by atoms with Gasteiger partial charge in [0.05, 0.1) is 12.5 Å². The van der Waals surface area contributed by atoms with Crippen molar-refractivity contribution in [3.8, 4) is 11.5 Å². The normalized spacial score (nSPS) is 22.9. The van der Waals surface area contributed by atoms with Crippen molar-refractivity contribution in [1.29, 1.82) is 0 Å². The molecule has 1 N–H and O–H groups in total. The molecule has 36 heavy (non-hydrogen) atoms. The van der Waals surface area contributed by atoms with Gasteiger partial charge in [-0.2, -0.15) is 0 Å². The first-order chi connectivity index (χ1) is 17.4. The van der Waals surface area contributed by atoms with Crippen molar-refractivity contribution >= 4 is 11.6 Å². The molecule has 0 aliphatic carbocycles. The van der Waals surface area contributed by atoms with Crippen molar-refractivity contribution in [3.63, 3.8) is 0 Å². The largest absolute Gasteiger partial charge is 0.490 e. The third kappa shape index (κ3) is 3.78. The summed E-state index contributed by atoms with van der Waals surface area (Å²) in [5.41, 5.74) is 2.84. The van der Waals surface area contributed by atoms with E-state index >= 15 is 0 Å². The number of rotatable bonds is 7. The summed E-state index contributed by atoms with van der Waals surface area (Å²) < 4.78 is 11.9. The second-order valence-electron chi connectivity index (χ2n) is 9.40. The van der Waals surface area contributed by atoms with Crippen LogP contribution in [0.5, 0.6) is 11.5 Å². The number of nitro groups is 1. The molecule has 0 saturated carbocycles. The van der Waals surface area contributed by atoms with Gasteiger partial charge in [0.15, 0.2) is 17.0 Å². The summed E-state index contributed by atoms with van der Waals surface area (Å²) in [6.45, 7) is 5.07. The minimum Gasteiger partial charge on any atom is -0.490 e. The molecule has 0 bridgehead atoms. The molecule has 0 aromatic heterocycles. The Bertz CT molecular complexity index is 1310. The number of likely N-dealkylation sites (N-methyl/N-ethyl adjacent to an activating group) is 1. The molecular formula is C28H29N3O5. The summed E-state index contributed by atoms with van der Waals surface area (Å²) in [5.74, 6) is 0.221. The number of benzene rings is 3. The lowest BCUT2D eigenvalue weighted by atomic mass is 9.79. The number of nitrogens with one attached hydrogen (secondary N) is 1. The molecule has 1 saturated heterocycles. The highest BCUT2D eigenvalue weighted by Gasteiger charge is 2.68. The van der Waals surface area contributed by atoms with Crippen LogP contribution in [0.4, 0.5) is 5.69 Å². The van der Waals surface area contributed by atoms with Crippen LogP contribution >= 0.6 is 0 Å². The molecule has 3 aromatic carbocycles. The van der Waals surface area contributed by atoms with Crippen molar-refractivity contribution in [2.45, 2.75) is 38.0 Å². The Balaban J connectivity index is 1.49. The van der Waals surface area contributed by atoms with Gasteiger partial charge in [0.1, 0.15) is 6.61 Å². The quantitative estimate of drug-likeness (QED) is 0.390. The van der Waals surface area contributed by atoms with Crippen molar-refractivity contribution in [2.24, 2.45) is 0 Å². The average molecular weight is 488 g/mol. The zero-order valence-electron chi connectivity index (χ0n) is 20.6. The van der Waals surface area contributed by atoms with Gasteiger partial charge >= 0.3 is 0 Å². The van der Waals surface area contributed by atoms with E-state index in [1.807, 2.05) is 67.3 Å². The van der Waals surface area contributed by atoms with E-state index in [9.17, 15) is 14.9 Å². The van der Waals surface area contributed by atoms with Gasteiger partial charge in [0.2, 0.25) is 0 Å². The van der Waals surface area contributed by atoms with Crippen LogP contribution in [0.3, 0.4) is 0 Å². The Labute approximate surface area is 210 Å². The molecular weight excluding hydrogens is 458 g/mol. The summed E-state index contributed by atoms with van der Waals surface area (Å²) in [7, 11) is 1.78. The first-order valence-corrected chi connectivity index (χ1v) is 12.1. The highest BCUT2D eigenvalue weighted by Crippen LogP contribution is 2.52. The van der Waals surface area contributed by atoms with Gasteiger partial charge in [-0.15, -0.1) is 0 Å². The van der Waals surface area contributed by atoms with Gasteiger partial charge in [-0.25, -0.2) is 0 Å². The Morgan fingerprint density at radius 1 is 1.08 bits per heavy atom. The van der Waals surface area contributed by atoms with Gasteiger partial charge in [-0.3, -0.25) is 19.8 Å². The summed E-state index contributed by atoms with van der Waals surface area (Å²) in [6.07, 6.45) is 0. The predicted molar refractivity (Wildman–Crippen MR) is 136 cm³/mol. The monoisotopic (exact) mass is 487 g/mol. The summed E-state index contributed by atoms with van der Waals surface area (Å²) >= 11 is 0. The molecule has 186 valence electrons. The number of aryl methyl sites for hydroxylation is 1. The number of nitrogens with zero attached hydrogens (tertiary/aromatic N) is 2. The van der Waals surface area contributed by atoms with E-state index in [-0.39, 0.29) is 10.8 Å². The van der Waals surface area contributed by atoms with Gasteiger partial charge in [-0.05, 0) is 50.2 Å². The minimum atomic E-state index is -1.38. The maximum absolute atomic E-state index is 13.3. The topological polar surface area (TPSA) is 93.9 Å². The van der Waals surface area contributed by atoms with Gasteiger partial charge in [0.25, 0.3) is 11.9 Å². The third-order valence-corrected chi connectivity index (χ3v) is 7.25. The Morgan fingerprint density at radius 3 is 2.56 bits per heavy atom. The van der Waals surface area contributed by atoms with Crippen LogP contribution in [-0.2, 0) is 16.9 Å². The number of carbonyl (C=O) groups is 1. The molecule has 8 nitrogen and oxygen atoms in total. The molecule has 1 fully saturated rings. The second kappa shape index (κ2) is 9.28. The van der Waals surface area contributed by atoms with Gasteiger partial charge in [-0.1, -0.05) is 54.1 Å². The zero-order valence-corrected chi connectivity index (χ0v) is 20.6. The maximum Gasteiger partial charge on any atom is 0.256 e. The number of hydrogen-bond donors (Lipinski definition) is 1. The molecule has 0 unspecified atom stereocenters. The second-order valence-corrected chi connectivity index (χ2v) is 9.40. The Kier molecular flexibility index (Phi) is 6.14. The van der Waals surface area contributed by atoms with E-state index in [0.29, 0.717) is 42.5 Å². The van der Waals surface area contributed by atoms with E-state index < -0.39 is 17.5 Å². The number of anilines is 1. The predicted octanol–water partition coefficient (Wildman–Crippen LogP) is 4.49. The molecule has 3 atom stereocenters. The molecule has 3 aromatic rings. The number of hydrogen-bond acceptors (Lipinski definition) is 6. The van der Waals surface area contributed by atoms with Crippen molar-refractivity contribution in [1.82, 2.24) is 4.90 Å². The van der Waals surface area contributed by atoms with Crippen LogP contribution in [0, 0.1) is 17.0 Å². The average Bonchev–Trinajstić information content (AvgIpc) is 3.34. The van der Waals surface area contributed by atoms with Crippen LogP contribution in [-0.4, -0.2) is 42.0 Å². The fourth-order valence-corrected chi connectivity index (χ4v) is 5.57. The van der Waals surface area contributed by atoms with Crippen LogP contribution in [0.2, 0.25) is 0 Å². The van der Waals surface area contributed by atoms with Crippen molar-refractivity contribution < 1.29 is 19.2 Å². The Hall–Kier alpha value is -3.91. The zero-order chi connectivity index (χ0) is 25.4. The SMILES string of the molecule is CCOc1cc([C@@H]2CN(C)[C@]3(C(=O)Nc4ccccc43)[C@H]2[N+](=O)[O-])ccc1OCc1ccc(C)cc1. The number of likely N-dealkylation sites (tertiary alicyclic amines) is 1. The van der Waals surface area contributed by atoms with E-state index in [1.165, 1.54) is 5.56 Å². The maximum atomic E-state index is 13.3. The first-order valence-electron chi connectivity index (χ1n) is 12.1. The number of fused-ring (bicyclic) bond motifs is 2. The van der Waals surface area contributed by atoms with E-state index in [2.05, 4.69) is 5.32 Å². The van der Waals surface area contributed by atoms with E-state index in [0.717, 1.165) is 11.1 Å². The number of ether oxygens (including phenoxy) is 2. The molecule has 1 spiro atoms. The lowest BCUT2D eigenvalue weighted by molar-refractivity contribution is -0.534. The molecule has 2 heterocycles. The lowest BCUT2D eigenvalue weighted by Gasteiger charge is -2.30. The summed E-state index contributed by atoms with van der Waals surface area (Å²) in [5, 5.41) is 15.4. The lowest BCUT2D eigenvalue weighted by Crippen LogP contribution is -2.54. The minimum absolute atomic E-state index is 0.308. The van der Waals surface area contributed by atoms with Crippen molar-refractivity contribution in [3.05, 3.63) is 99.1 Å². The fraction of sp³-hybridized carbons (Fsp3) is 0.321. The summed E-state index contributed by atoms with van der Waals surface area (Å²) in [6, 6.07) is 19.6.